The Bertz CT molecular complexity index is 2240. The first kappa shape index (κ1) is 45.9. The molecule has 0 spiro atoms. The van der Waals surface area contributed by atoms with Gasteiger partial charge in [0.05, 0.1) is 10.9 Å². The van der Waals surface area contributed by atoms with E-state index < -0.39 is 24.3 Å². The SMILES string of the molecule is Cc1cc(C(=O)NC2CCC(N(C)C)CC2)ccc1-c1ccc(C[C@H](NC(=O)[C@H]2CC[C@H](CNC(=O)O)CC2)C(=O)Nc2ccc3c(=O)[nH][nH]c3c2)cc1.O=C(O)C(F)(F)F. The van der Waals surface area contributed by atoms with E-state index >= 15 is 0 Å². The number of aromatic amines is 2. The molecule has 8 N–H and O–H groups in total. The summed E-state index contributed by atoms with van der Waals surface area (Å²) in [6.45, 7) is 2.35. The lowest BCUT2D eigenvalue weighted by molar-refractivity contribution is -0.192. The van der Waals surface area contributed by atoms with Crippen molar-refractivity contribution >= 4 is 46.4 Å². The lowest BCUT2D eigenvalue weighted by Crippen LogP contribution is -2.48. The van der Waals surface area contributed by atoms with Gasteiger partial charge in [0.1, 0.15) is 6.04 Å². The monoisotopic (exact) mass is 851 g/mol. The van der Waals surface area contributed by atoms with Crippen LogP contribution in [-0.2, 0) is 20.8 Å². The fraction of sp³-hybridized carbons (Fsp3) is 0.442. The molecule has 4 aromatic rings. The van der Waals surface area contributed by atoms with Crippen LogP contribution in [0.25, 0.3) is 22.0 Å². The number of carboxylic acid groups (broad SMARTS) is 2. The fourth-order valence-electron chi connectivity index (χ4n) is 7.89. The zero-order valence-electron chi connectivity index (χ0n) is 34.2. The summed E-state index contributed by atoms with van der Waals surface area (Å²) in [6.07, 6.45) is 0.860. The highest BCUT2D eigenvalue weighted by atomic mass is 19.4. The molecule has 2 saturated carbocycles. The number of halogens is 3. The number of aliphatic carboxylic acids is 1. The van der Waals surface area contributed by atoms with Gasteiger partial charge in [0.25, 0.3) is 11.5 Å². The van der Waals surface area contributed by atoms with Gasteiger partial charge in [0.15, 0.2) is 0 Å². The molecule has 1 atom stereocenters. The Labute approximate surface area is 349 Å². The van der Waals surface area contributed by atoms with Crippen molar-refractivity contribution in [3.8, 4) is 11.1 Å². The number of carbonyl (C=O) groups is 5. The summed E-state index contributed by atoms with van der Waals surface area (Å²) < 4.78 is 31.7. The number of hydrogen-bond acceptors (Lipinski definition) is 7. The van der Waals surface area contributed by atoms with Gasteiger partial charge >= 0.3 is 18.2 Å². The number of aryl methyl sites for hydroxylation is 1. The predicted octanol–water partition coefficient (Wildman–Crippen LogP) is 5.81. The minimum atomic E-state index is -5.08. The summed E-state index contributed by atoms with van der Waals surface area (Å²) in [6, 6.07) is 18.4. The third-order valence-corrected chi connectivity index (χ3v) is 11.4. The highest BCUT2D eigenvalue weighted by Gasteiger charge is 2.38. The molecule has 2 fully saturated rings. The third-order valence-electron chi connectivity index (χ3n) is 11.4. The number of nitrogens with zero attached hydrogens (tertiary/aromatic N) is 1. The van der Waals surface area contributed by atoms with Crippen molar-refractivity contribution in [1.29, 1.82) is 0 Å². The van der Waals surface area contributed by atoms with Gasteiger partial charge in [-0.25, -0.2) is 9.59 Å². The fourth-order valence-corrected chi connectivity index (χ4v) is 7.89. The van der Waals surface area contributed by atoms with E-state index in [4.69, 9.17) is 15.0 Å². The van der Waals surface area contributed by atoms with Gasteiger partial charge in [-0.3, -0.25) is 29.4 Å². The number of carbonyl (C=O) groups excluding carboxylic acids is 3. The van der Waals surface area contributed by atoms with Gasteiger partial charge in [-0.2, -0.15) is 13.2 Å². The van der Waals surface area contributed by atoms with Gasteiger partial charge in [0, 0.05) is 42.2 Å². The van der Waals surface area contributed by atoms with Gasteiger partial charge < -0.3 is 36.4 Å². The molecule has 6 rings (SSSR count). The third kappa shape index (κ3) is 12.9. The molecule has 18 heteroatoms. The van der Waals surface area contributed by atoms with Crippen molar-refractivity contribution in [3.05, 3.63) is 87.7 Å². The summed E-state index contributed by atoms with van der Waals surface area (Å²) in [4.78, 5) is 74.5. The zero-order valence-corrected chi connectivity index (χ0v) is 34.2. The van der Waals surface area contributed by atoms with Gasteiger partial charge in [-0.1, -0.05) is 30.3 Å². The molecule has 15 nitrogen and oxygen atoms in total. The highest BCUT2D eigenvalue weighted by molar-refractivity contribution is 5.99. The van der Waals surface area contributed by atoms with Crippen LogP contribution >= 0.6 is 0 Å². The Morgan fingerprint density at radius 2 is 1.51 bits per heavy atom. The number of carboxylic acids is 1. The molecule has 0 saturated heterocycles. The van der Waals surface area contributed by atoms with Crippen LogP contribution in [0, 0.1) is 18.8 Å². The standard InChI is InChI=1S/C41H51N7O6.C2HF3O2/c1-24-20-29(38(50)43-30-13-16-32(17-14-30)48(2)3)12-18-33(24)27-8-4-25(5-9-27)21-36(40(52)44-31-15-19-34-35(22-31)46-47-39(34)51)45-37(49)28-10-6-26(7-11-28)23-42-41(53)54;3-2(4,5)1(6)7/h4-5,8-9,12,15,18-20,22,26,28,30,32,36,42H,6-7,10-11,13-14,16-17,21,23H2,1-3H3,(H,43,50)(H,44,52)(H,45,49)(H,53,54)(H2,46,47,51);(H,6,7)/t26-,28-,30?,32?,36-;/m0./s1. The normalized spacial score (nSPS) is 19.5. The molecule has 2 aliphatic carbocycles. The lowest BCUT2D eigenvalue weighted by Gasteiger charge is -2.33. The van der Waals surface area contributed by atoms with E-state index in [2.05, 4.69) is 50.5 Å². The Balaban J connectivity index is 0.000000925. The number of aromatic nitrogens is 2. The number of alkyl halides is 3. The number of amides is 4. The zero-order chi connectivity index (χ0) is 44.4. The van der Waals surface area contributed by atoms with Crippen LogP contribution in [-0.4, -0.2) is 100 Å². The van der Waals surface area contributed by atoms with Crippen LogP contribution in [0.3, 0.4) is 0 Å². The van der Waals surface area contributed by atoms with E-state index in [0.717, 1.165) is 47.9 Å². The van der Waals surface area contributed by atoms with E-state index in [-0.39, 0.29) is 47.6 Å². The lowest BCUT2D eigenvalue weighted by atomic mass is 9.81. The van der Waals surface area contributed by atoms with Crippen molar-refractivity contribution in [1.82, 2.24) is 31.0 Å². The molecule has 3 aromatic carbocycles. The number of rotatable bonds is 12. The summed E-state index contributed by atoms with van der Waals surface area (Å²) >= 11 is 0. The van der Waals surface area contributed by atoms with Crippen LogP contribution in [0.4, 0.5) is 23.7 Å². The predicted molar refractivity (Wildman–Crippen MR) is 222 cm³/mol. The smallest absolute Gasteiger partial charge is 0.475 e. The Kier molecular flexibility index (Phi) is 15.3. The minimum Gasteiger partial charge on any atom is -0.475 e. The summed E-state index contributed by atoms with van der Waals surface area (Å²) in [5.74, 6) is -3.51. The van der Waals surface area contributed by atoms with Gasteiger partial charge in [-0.15, -0.1) is 0 Å². The number of nitrogens with one attached hydrogen (secondary N) is 6. The second-order valence-corrected chi connectivity index (χ2v) is 16.0. The Morgan fingerprint density at radius 1 is 0.852 bits per heavy atom. The van der Waals surface area contributed by atoms with Crippen molar-refractivity contribution in [3.63, 3.8) is 0 Å². The molecule has 0 unspecified atom stereocenters. The van der Waals surface area contributed by atoms with Crippen LogP contribution in [0.15, 0.2) is 65.5 Å². The van der Waals surface area contributed by atoms with Crippen molar-refractivity contribution in [2.24, 2.45) is 11.8 Å². The molecule has 4 amide bonds. The number of H-pyrrole nitrogens is 2. The van der Waals surface area contributed by atoms with Crippen molar-refractivity contribution < 1.29 is 47.4 Å². The number of benzene rings is 3. The van der Waals surface area contributed by atoms with Crippen LogP contribution in [0.5, 0.6) is 0 Å². The number of hydrogen-bond donors (Lipinski definition) is 8. The first-order valence-electron chi connectivity index (χ1n) is 20.1. The molecule has 0 radical (unpaired) electrons. The van der Waals surface area contributed by atoms with Crippen molar-refractivity contribution in [2.45, 2.75) is 89.0 Å². The van der Waals surface area contributed by atoms with E-state index in [1.807, 2.05) is 49.4 Å². The van der Waals surface area contributed by atoms with E-state index in [1.165, 1.54) is 0 Å². The topological polar surface area (TPSA) is 226 Å². The summed E-state index contributed by atoms with van der Waals surface area (Å²) in [5.41, 5.74) is 5.21. The van der Waals surface area contributed by atoms with Crippen LogP contribution < -0.4 is 26.8 Å². The molecular weight excluding hydrogens is 800 g/mol. The molecular formula is C43H52F3N7O8. The molecule has 1 heterocycles. The first-order valence-corrected chi connectivity index (χ1v) is 20.1. The second kappa shape index (κ2) is 20.4. The van der Waals surface area contributed by atoms with Crippen LogP contribution in [0.2, 0.25) is 0 Å². The average molecular weight is 852 g/mol. The maximum Gasteiger partial charge on any atom is 0.490 e. The largest absolute Gasteiger partial charge is 0.490 e. The minimum absolute atomic E-state index is 0.0517. The van der Waals surface area contributed by atoms with E-state index in [9.17, 15) is 37.1 Å². The molecule has 328 valence electrons. The summed E-state index contributed by atoms with van der Waals surface area (Å²) in [7, 11) is 4.22. The maximum absolute atomic E-state index is 13.8. The van der Waals surface area contributed by atoms with Crippen LogP contribution in [0.1, 0.15) is 72.9 Å². The number of anilines is 1. The highest BCUT2D eigenvalue weighted by Crippen LogP contribution is 2.30. The van der Waals surface area contributed by atoms with Gasteiger partial charge in [-0.05, 0) is 131 Å². The first-order chi connectivity index (χ1) is 28.9. The second-order valence-electron chi connectivity index (χ2n) is 16.0. The summed E-state index contributed by atoms with van der Waals surface area (Å²) in [5, 5.41) is 33.5. The average Bonchev–Trinajstić information content (AvgIpc) is 3.59. The van der Waals surface area contributed by atoms with E-state index in [0.29, 0.717) is 60.4 Å². The molecule has 0 aliphatic heterocycles. The van der Waals surface area contributed by atoms with Crippen molar-refractivity contribution in [2.75, 3.05) is 26.0 Å². The molecule has 2 aliphatic rings. The number of fused-ring (bicyclic) bond motifs is 1. The maximum atomic E-state index is 13.8. The van der Waals surface area contributed by atoms with E-state index in [1.54, 1.807) is 18.2 Å². The quantitative estimate of drug-likeness (QED) is 0.0860. The van der Waals surface area contributed by atoms with Gasteiger partial charge in [0.2, 0.25) is 11.8 Å². The molecule has 0 bridgehead atoms. The Hall–Kier alpha value is -6.17. The molecule has 1 aromatic heterocycles. The molecule has 61 heavy (non-hydrogen) atoms. The Morgan fingerprint density at radius 3 is 2.10 bits per heavy atom.